The lowest BCUT2D eigenvalue weighted by Gasteiger charge is -2.03. The van der Waals surface area contributed by atoms with E-state index in [2.05, 4.69) is 11.3 Å². The maximum atomic E-state index is 13.1. The molecule has 0 aliphatic rings. The van der Waals surface area contributed by atoms with E-state index in [0.29, 0.717) is 6.54 Å². The molecule has 0 unspecified atom stereocenters. The van der Waals surface area contributed by atoms with Crippen LogP contribution in [0.15, 0.2) is 48.5 Å². The molecule has 0 spiro atoms. The van der Waals surface area contributed by atoms with Gasteiger partial charge in [0.15, 0.2) is 0 Å². The Morgan fingerprint density at radius 2 is 2.00 bits per heavy atom. The van der Waals surface area contributed by atoms with E-state index < -0.39 is 0 Å². The van der Waals surface area contributed by atoms with Crippen LogP contribution in [0, 0.1) is 12.0 Å². The molecule has 1 radical (unpaired) electrons. The Bertz CT molecular complexity index is 658. The molecule has 83 valence electrons. The second kappa shape index (κ2) is 4.01. The van der Waals surface area contributed by atoms with Crippen LogP contribution >= 0.6 is 0 Å². The van der Waals surface area contributed by atoms with Crippen LogP contribution in [0.2, 0.25) is 0 Å². The number of nitrogens with zero attached hydrogens (tertiary/aromatic N) is 2. The molecule has 0 N–H and O–H groups in total. The molecule has 0 saturated heterocycles. The summed E-state index contributed by atoms with van der Waals surface area (Å²) in [7, 11) is 0. The van der Waals surface area contributed by atoms with E-state index in [1.807, 2.05) is 35.0 Å². The van der Waals surface area contributed by atoms with Gasteiger partial charge in [0.25, 0.3) is 0 Å². The topological polar surface area (TPSA) is 17.8 Å². The fourth-order valence-corrected chi connectivity index (χ4v) is 1.89. The summed E-state index contributed by atoms with van der Waals surface area (Å²) in [6, 6.07) is 14.4. The quantitative estimate of drug-likeness (QED) is 0.655. The van der Waals surface area contributed by atoms with Crippen molar-refractivity contribution in [3.05, 3.63) is 66.1 Å². The highest BCUT2D eigenvalue weighted by Crippen LogP contribution is 2.14. The molecule has 0 aliphatic heterocycles. The minimum Gasteiger partial charge on any atom is -0.260 e. The van der Waals surface area contributed by atoms with E-state index in [1.165, 1.54) is 12.1 Å². The molecule has 0 aliphatic carbocycles. The van der Waals surface area contributed by atoms with Crippen molar-refractivity contribution in [1.29, 1.82) is 0 Å². The van der Waals surface area contributed by atoms with Gasteiger partial charge in [-0.1, -0.05) is 30.3 Å². The first-order valence-corrected chi connectivity index (χ1v) is 5.40. The number of hydrogen-bond donors (Lipinski definition) is 0. The highest BCUT2D eigenvalue weighted by Gasteiger charge is 2.03. The van der Waals surface area contributed by atoms with Gasteiger partial charge in [0, 0.05) is 5.39 Å². The van der Waals surface area contributed by atoms with Crippen LogP contribution in [0.25, 0.3) is 10.9 Å². The zero-order valence-corrected chi connectivity index (χ0v) is 9.10. The first kappa shape index (κ1) is 10.0. The van der Waals surface area contributed by atoms with Gasteiger partial charge in [-0.15, -0.1) is 0 Å². The number of hydrogen-bond acceptors (Lipinski definition) is 1. The summed E-state index contributed by atoms with van der Waals surface area (Å²) in [5.74, 6) is -0.219. The normalized spacial score (nSPS) is 10.9. The van der Waals surface area contributed by atoms with Crippen molar-refractivity contribution >= 4 is 10.9 Å². The molecular formula is C14H10FN2. The summed E-state index contributed by atoms with van der Waals surface area (Å²) in [6.07, 6.45) is 2.94. The van der Waals surface area contributed by atoms with Gasteiger partial charge in [0.1, 0.15) is 12.0 Å². The third-order valence-corrected chi connectivity index (χ3v) is 2.69. The molecule has 0 saturated carbocycles. The zero-order chi connectivity index (χ0) is 11.7. The number of aromatic nitrogens is 2. The van der Waals surface area contributed by atoms with Crippen molar-refractivity contribution in [2.45, 2.75) is 6.54 Å². The summed E-state index contributed by atoms with van der Waals surface area (Å²) in [4.78, 5) is 0. The summed E-state index contributed by atoms with van der Waals surface area (Å²) in [5, 5.41) is 5.17. The van der Waals surface area contributed by atoms with Crippen molar-refractivity contribution in [2.75, 3.05) is 0 Å². The van der Waals surface area contributed by atoms with Gasteiger partial charge in [-0.05, 0) is 23.8 Å². The number of rotatable bonds is 2. The third-order valence-electron chi connectivity index (χ3n) is 2.69. The Hall–Kier alpha value is -2.16. The van der Waals surface area contributed by atoms with Gasteiger partial charge >= 0.3 is 0 Å². The fourth-order valence-electron chi connectivity index (χ4n) is 1.89. The Morgan fingerprint density at radius 3 is 2.88 bits per heavy atom. The van der Waals surface area contributed by atoms with Crippen LogP contribution in [0.1, 0.15) is 5.56 Å². The smallest absolute Gasteiger partial charge is 0.123 e. The van der Waals surface area contributed by atoms with Crippen molar-refractivity contribution in [3.8, 4) is 0 Å². The predicted octanol–water partition coefficient (Wildman–Crippen LogP) is 3.02. The lowest BCUT2D eigenvalue weighted by molar-refractivity contribution is 0.621. The van der Waals surface area contributed by atoms with E-state index in [4.69, 9.17) is 0 Å². The Morgan fingerprint density at radius 1 is 1.12 bits per heavy atom. The van der Waals surface area contributed by atoms with Gasteiger partial charge in [-0.3, -0.25) is 4.68 Å². The van der Waals surface area contributed by atoms with Crippen LogP contribution < -0.4 is 0 Å². The van der Waals surface area contributed by atoms with Crippen molar-refractivity contribution in [3.63, 3.8) is 0 Å². The van der Waals surface area contributed by atoms with E-state index >= 15 is 0 Å². The molecule has 17 heavy (non-hydrogen) atoms. The van der Waals surface area contributed by atoms with Gasteiger partial charge < -0.3 is 0 Å². The van der Waals surface area contributed by atoms with E-state index in [9.17, 15) is 4.39 Å². The Kier molecular flexibility index (Phi) is 2.37. The van der Waals surface area contributed by atoms with Gasteiger partial charge in [-0.25, -0.2) is 4.39 Å². The summed E-state index contributed by atoms with van der Waals surface area (Å²) in [6.45, 7) is 0.557. The maximum Gasteiger partial charge on any atom is 0.123 e. The number of halogens is 1. The molecule has 2 aromatic carbocycles. The average Bonchev–Trinajstić information content (AvgIpc) is 2.73. The molecule has 0 fully saturated rings. The zero-order valence-electron chi connectivity index (χ0n) is 9.10. The molecule has 0 bridgehead atoms. The molecule has 1 heterocycles. The third kappa shape index (κ3) is 1.91. The number of para-hydroxylation sites is 1. The molecular weight excluding hydrogens is 215 g/mol. The number of fused-ring (bicyclic) bond motifs is 1. The minimum atomic E-state index is -0.219. The first-order chi connectivity index (χ1) is 8.33. The summed E-state index contributed by atoms with van der Waals surface area (Å²) < 4.78 is 14.9. The Balaban J connectivity index is 2.00. The lowest BCUT2D eigenvalue weighted by Crippen LogP contribution is -2.01. The summed E-state index contributed by atoms with van der Waals surface area (Å²) >= 11 is 0. The van der Waals surface area contributed by atoms with Gasteiger partial charge in [-0.2, -0.15) is 5.10 Å². The van der Waals surface area contributed by atoms with Crippen LogP contribution in [0.5, 0.6) is 0 Å². The van der Waals surface area contributed by atoms with Crippen molar-refractivity contribution < 1.29 is 4.39 Å². The van der Waals surface area contributed by atoms with Crippen LogP contribution in [0.4, 0.5) is 4.39 Å². The standard InChI is InChI=1S/C14H10FN2/c15-13-6-3-4-11(8-13)10-17-14-7-2-1-5-12(14)9-16-17/h1-8H,10H2. The highest BCUT2D eigenvalue weighted by atomic mass is 19.1. The van der Waals surface area contributed by atoms with Crippen LogP contribution in [-0.4, -0.2) is 9.78 Å². The molecule has 0 amide bonds. The number of benzene rings is 2. The Labute approximate surface area is 98.3 Å². The fraction of sp³-hybridized carbons (Fsp3) is 0.0714. The largest absolute Gasteiger partial charge is 0.260 e. The first-order valence-electron chi connectivity index (χ1n) is 5.40. The van der Waals surface area contributed by atoms with E-state index in [0.717, 1.165) is 16.5 Å². The highest BCUT2D eigenvalue weighted by molar-refractivity contribution is 5.77. The van der Waals surface area contributed by atoms with Crippen LogP contribution in [0.3, 0.4) is 0 Å². The van der Waals surface area contributed by atoms with E-state index in [1.54, 1.807) is 6.07 Å². The van der Waals surface area contributed by atoms with E-state index in [-0.39, 0.29) is 5.82 Å². The molecule has 3 rings (SSSR count). The second-order valence-electron chi connectivity index (χ2n) is 3.92. The minimum absolute atomic E-state index is 0.219. The van der Waals surface area contributed by atoms with Gasteiger partial charge in [0.05, 0.1) is 12.1 Å². The molecule has 0 atom stereocenters. The SMILES string of the molecule is Fc1cccc(Cn2n[c]c3ccccc32)c1. The molecule has 3 aromatic rings. The van der Waals surface area contributed by atoms with Crippen molar-refractivity contribution in [1.82, 2.24) is 9.78 Å². The maximum absolute atomic E-state index is 13.1. The summed E-state index contributed by atoms with van der Waals surface area (Å²) in [5.41, 5.74) is 1.91. The van der Waals surface area contributed by atoms with Crippen LogP contribution in [-0.2, 0) is 6.54 Å². The second-order valence-corrected chi connectivity index (χ2v) is 3.92. The monoisotopic (exact) mass is 225 g/mol. The predicted molar refractivity (Wildman–Crippen MR) is 64.1 cm³/mol. The van der Waals surface area contributed by atoms with Crippen molar-refractivity contribution in [2.24, 2.45) is 0 Å². The molecule has 3 heteroatoms. The molecule has 2 nitrogen and oxygen atoms in total. The van der Waals surface area contributed by atoms with Gasteiger partial charge in [0.2, 0.25) is 0 Å². The average molecular weight is 225 g/mol. The lowest BCUT2D eigenvalue weighted by atomic mass is 10.2. The molecule has 1 aromatic heterocycles.